The zero-order valence-corrected chi connectivity index (χ0v) is 17.4. The molecule has 1 heterocycles. The van der Waals surface area contributed by atoms with Crippen molar-refractivity contribution in [3.05, 3.63) is 83.7 Å². The second-order valence-electron chi connectivity index (χ2n) is 7.73. The van der Waals surface area contributed by atoms with Gasteiger partial charge in [0, 0.05) is 13.3 Å². The maximum atomic E-state index is 12.9. The fraction of sp³-hybridized carbons (Fsp3) is 0.240. The second kappa shape index (κ2) is 8.47. The molecule has 3 aromatic carbocycles. The van der Waals surface area contributed by atoms with Crippen molar-refractivity contribution in [2.75, 3.05) is 0 Å². The van der Waals surface area contributed by atoms with Crippen molar-refractivity contribution in [3.8, 4) is 16.9 Å². The summed E-state index contributed by atoms with van der Waals surface area (Å²) in [7, 11) is 0. The van der Waals surface area contributed by atoms with Crippen LogP contribution in [0.5, 0.6) is 5.75 Å². The number of aromatic nitrogens is 2. The first-order valence-corrected chi connectivity index (χ1v) is 10.2. The van der Waals surface area contributed by atoms with E-state index >= 15 is 0 Å². The average Bonchev–Trinajstić information content (AvgIpc) is 3.14. The van der Waals surface area contributed by atoms with E-state index < -0.39 is 12.2 Å². The zero-order valence-electron chi connectivity index (χ0n) is 17.4. The number of aryl methyl sites for hydroxylation is 2. The maximum absolute atomic E-state index is 12.9. The Balaban J connectivity index is 1.49. The van der Waals surface area contributed by atoms with Crippen LogP contribution in [0.1, 0.15) is 36.9 Å². The largest absolute Gasteiger partial charge is 0.433 e. The van der Waals surface area contributed by atoms with E-state index in [1.165, 1.54) is 0 Å². The Labute approximate surface area is 179 Å². The summed E-state index contributed by atoms with van der Waals surface area (Å²) in [5, 5.41) is 10.1. The fourth-order valence-corrected chi connectivity index (χ4v) is 3.67. The van der Waals surface area contributed by atoms with Crippen molar-refractivity contribution >= 4 is 11.0 Å². The molecule has 0 amide bonds. The molecule has 0 radical (unpaired) electrons. The number of rotatable bonds is 7. The first-order valence-electron chi connectivity index (χ1n) is 10.2. The van der Waals surface area contributed by atoms with Crippen LogP contribution in [0.25, 0.3) is 22.2 Å². The maximum Gasteiger partial charge on any atom is 0.394 e. The van der Waals surface area contributed by atoms with Crippen molar-refractivity contribution < 1.29 is 18.6 Å². The minimum atomic E-state index is -3.19. The zero-order chi connectivity index (χ0) is 22.0. The molecule has 0 saturated carbocycles. The molecule has 160 valence electrons. The van der Waals surface area contributed by atoms with Gasteiger partial charge in [0.05, 0.1) is 17.1 Å². The van der Waals surface area contributed by atoms with Crippen LogP contribution in [0.2, 0.25) is 0 Å². The van der Waals surface area contributed by atoms with E-state index in [4.69, 9.17) is 0 Å². The Bertz CT molecular complexity index is 1180. The van der Waals surface area contributed by atoms with E-state index in [1.807, 2.05) is 42.5 Å². The molecule has 0 aliphatic heterocycles. The van der Waals surface area contributed by atoms with Crippen LogP contribution in [-0.2, 0) is 12.8 Å². The molecule has 0 saturated heterocycles. The third-order valence-corrected chi connectivity index (χ3v) is 5.12. The summed E-state index contributed by atoms with van der Waals surface area (Å²) in [5.74, 6) is 1.00. The number of fused-ring (bicyclic) bond motifs is 1. The molecular formula is C25H24F2N2O2. The molecule has 1 atom stereocenters. The van der Waals surface area contributed by atoms with Gasteiger partial charge in [0.15, 0.2) is 0 Å². The topological polar surface area (TPSA) is 58.1 Å². The van der Waals surface area contributed by atoms with E-state index in [9.17, 15) is 13.9 Å². The van der Waals surface area contributed by atoms with Crippen LogP contribution >= 0.6 is 0 Å². The third kappa shape index (κ3) is 5.09. The molecule has 0 spiro atoms. The van der Waals surface area contributed by atoms with Gasteiger partial charge in [-0.15, -0.1) is 0 Å². The van der Waals surface area contributed by atoms with Crippen molar-refractivity contribution in [3.63, 3.8) is 0 Å². The highest BCUT2D eigenvalue weighted by Crippen LogP contribution is 2.30. The number of aromatic amines is 1. The van der Waals surface area contributed by atoms with Crippen LogP contribution < -0.4 is 4.74 Å². The summed E-state index contributed by atoms with van der Waals surface area (Å²) in [5.41, 5.74) is 5.72. The summed E-state index contributed by atoms with van der Waals surface area (Å²) in [4.78, 5) is 8.03. The number of imidazole rings is 1. The Morgan fingerprint density at radius 2 is 1.77 bits per heavy atom. The number of H-pyrrole nitrogens is 1. The van der Waals surface area contributed by atoms with E-state index in [-0.39, 0.29) is 5.75 Å². The molecule has 4 rings (SSSR count). The number of nitrogens with one attached hydrogen (secondary N) is 1. The van der Waals surface area contributed by atoms with E-state index in [0.717, 1.165) is 52.5 Å². The lowest BCUT2D eigenvalue weighted by Crippen LogP contribution is -2.18. The van der Waals surface area contributed by atoms with Crippen LogP contribution in [-0.4, -0.2) is 21.2 Å². The number of nitrogens with zero attached hydrogens (tertiary/aromatic N) is 1. The van der Waals surface area contributed by atoms with Gasteiger partial charge in [0.1, 0.15) is 11.6 Å². The molecular weight excluding hydrogens is 398 g/mol. The van der Waals surface area contributed by atoms with Gasteiger partial charge >= 0.3 is 6.11 Å². The Hall–Kier alpha value is -3.25. The van der Waals surface area contributed by atoms with Crippen LogP contribution in [0.4, 0.5) is 8.78 Å². The van der Waals surface area contributed by atoms with Gasteiger partial charge in [0.25, 0.3) is 0 Å². The standard InChI is InChI=1S/C25H24F2N2O2/c1-16(30)20-5-3-4-6-21(20)18-10-13-22-23(15-18)29-24(28-22)14-9-17-7-11-19(12-8-17)31-25(2,26)27/h3-8,10-13,15-16,30H,9,14H2,1-2H3,(H,28,29). The Kier molecular flexibility index (Phi) is 5.74. The van der Waals surface area contributed by atoms with Gasteiger partial charge in [-0.25, -0.2) is 4.98 Å². The molecule has 6 heteroatoms. The molecule has 1 unspecified atom stereocenters. The molecule has 4 nitrogen and oxygen atoms in total. The van der Waals surface area contributed by atoms with Crippen molar-refractivity contribution in [1.82, 2.24) is 9.97 Å². The molecule has 4 aromatic rings. The summed E-state index contributed by atoms with van der Waals surface area (Å²) < 4.78 is 30.4. The summed E-state index contributed by atoms with van der Waals surface area (Å²) in [6.45, 7) is 2.48. The highest BCUT2D eigenvalue weighted by Gasteiger charge is 2.22. The highest BCUT2D eigenvalue weighted by molar-refractivity contribution is 5.83. The monoisotopic (exact) mass is 422 g/mol. The van der Waals surface area contributed by atoms with Gasteiger partial charge in [-0.2, -0.15) is 8.78 Å². The number of ether oxygens (including phenoxy) is 1. The van der Waals surface area contributed by atoms with E-state index in [0.29, 0.717) is 6.42 Å². The van der Waals surface area contributed by atoms with Crippen LogP contribution in [0.3, 0.4) is 0 Å². The smallest absolute Gasteiger partial charge is 0.394 e. The molecule has 0 aliphatic carbocycles. The van der Waals surface area contributed by atoms with Gasteiger partial charge < -0.3 is 14.8 Å². The number of aliphatic hydroxyl groups excluding tert-OH is 1. The fourth-order valence-electron chi connectivity index (χ4n) is 3.67. The summed E-state index contributed by atoms with van der Waals surface area (Å²) >= 11 is 0. The number of alkyl halides is 2. The number of aliphatic hydroxyl groups is 1. The summed E-state index contributed by atoms with van der Waals surface area (Å²) in [6.07, 6.45) is -2.33. The lowest BCUT2D eigenvalue weighted by atomic mass is 9.96. The first kappa shape index (κ1) is 21.0. The lowest BCUT2D eigenvalue weighted by Gasteiger charge is -2.13. The SMILES string of the molecule is CC(O)c1ccccc1-c1ccc2nc(CCc3ccc(OC(C)(F)F)cc3)[nH]c2c1. The number of halogens is 2. The van der Waals surface area contributed by atoms with Crippen LogP contribution in [0, 0.1) is 0 Å². The highest BCUT2D eigenvalue weighted by atomic mass is 19.3. The van der Waals surface area contributed by atoms with Gasteiger partial charge in [0.2, 0.25) is 0 Å². The first-order chi connectivity index (χ1) is 14.8. The van der Waals surface area contributed by atoms with Gasteiger partial charge in [-0.1, -0.05) is 42.5 Å². The van der Waals surface area contributed by atoms with Crippen molar-refractivity contribution in [2.45, 2.75) is 38.9 Å². The third-order valence-electron chi connectivity index (χ3n) is 5.12. The second-order valence-corrected chi connectivity index (χ2v) is 7.73. The summed E-state index contributed by atoms with van der Waals surface area (Å²) in [6, 6.07) is 20.5. The predicted molar refractivity (Wildman–Crippen MR) is 117 cm³/mol. The molecule has 0 aliphatic rings. The van der Waals surface area contributed by atoms with Gasteiger partial charge in [-0.3, -0.25) is 0 Å². The Morgan fingerprint density at radius 1 is 1.03 bits per heavy atom. The predicted octanol–water partition coefficient (Wildman–Crippen LogP) is 6.06. The molecule has 1 aromatic heterocycles. The van der Waals surface area contributed by atoms with E-state index in [1.54, 1.807) is 31.2 Å². The molecule has 31 heavy (non-hydrogen) atoms. The normalized spacial score (nSPS) is 12.8. The number of hydrogen-bond acceptors (Lipinski definition) is 3. The quantitative estimate of drug-likeness (QED) is 0.381. The number of hydrogen-bond donors (Lipinski definition) is 2. The van der Waals surface area contributed by atoms with E-state index in [2.05, 4.69) is 14.7 Å². The lowest BCUT2D eigenvalue weighted by molar-refractivity contribution is -0.158. The van der Waals surface area contributed by atoms with Gasteiger partial charge in [-0.05, 0) is 59.9 Å². The minimum absolute atomic E-state index is 0.144. The molecule has 0 fully saturated rings. The number of benzene rings is 3. The van der Waals surface area contributed by atoms with Crippen molar-refractivity contribution in [1.29, 1.82) is 0 Å². The van der Waals surface area contributed by atoms with Crippen molar-refractivity contribution in [2.24, 2.45) is 0 Å². The molecule has 2 N–H and O–H groups in total. The van der Waals surface area contributed by atoms with Crippen LogP contribution in [0.15, 0.2) is 66.7 Å². The Morgan fingerprint density at radius 3 is 2.48 bits per heavy atom. The average molecular weight is 422 g/mol. The minimum Gasteiger partial charge on any atom is -0.433 e. The molecule has 0 bridgehead atoms.